The van der Waals surface area contributed by atoms with Crippen LogP contribution in [0.25, 0.3) is 98.4 Å². The molecule has 2 heterocycles. The highest BCUT2D eigenvalue weighted by Crippen LogP contribution is 2.42. The Labute approximate surface area is 288 Å². The average molecular weight is 635 g/mol. The van der Waals surface area contributed by atoms with Crippen LogP contribution in [0.15, 0.2) is 182 Å². The van der Waals surface area contributed by atoms with Gasteiger partial charge in [0.2, 0.25) is 0 Å². The first-order valence-electron chi connectivity index (χ1n) is 17.3. The molecule has 0 unspecified atom stereocenters. The molecule has 0 aliphatic heterocycles. The molecule has 2 heteroatoms. The third kappa shape index (κ3) is 3.85. The van der Waals surface area contributed by atoms with E-state index in [0.717, 1.165) is 5.69 Å². The zero-order chi connectivity index (χ0) is 32.8. The summed E-state index contributed by atoms with van der Waals surface area (Å²) in [6.07, 6.45) is 0. The number of fused-ring (bicyclic) bond motifs is 12. The third-order valence-corrected chi connectivity index (χ3v) is 10.7. The lowest BCUT2D eigenvalue weighted by molar-refractivity contribution is 1.18. The Morgan fingerprint density at radius 3 is 1.44 bits per heavy atom. The molecule has 0 radical (unpaired) electrons. The van der Waals surface area contributed by atoms with Gasteiger partial charge in [0.25, 0.3) is 0 Å². The standard InChI is InChI=1S/C48H30N2/c1-2-13-36(14-3-1)50-43-27-23-35(30-42(43)41-26-20-34-12-6-9-17-40(34)48(41)50)31-18-24-37(25-19-31)49-44-28-21-32-10-4-7-15-38(32)46(44)47-39-16-8-5-11-33(39)22-29-45(47)49/h1-30H. The summed E-state index contributed by atoms with van der Waals surface area (Å²) in [5.41, 5.74) is 9.67. The predicted molar refractivity (Wildman–Crippen MR) is 213 cm³/mol. The predicted octanol–water partition coefficient (Wildman–Crippen LogP) is 13.0. The van der Waals surface area contributed by atoms with Crippen molar-refractivity contribution in [3.8, 4) is 22.5 Å². The maximum absolute atomic E-state index is 2.44. The number of nitrogens with zero attached hydrogens (tertiary/aromatic N) is 2. The highest BCUT2D eigenvalue weighted by Gasteiger charge is 2.18. The fourth-order valence-electron chi connectivity index (χ4n) is 8.43. The molecule has 0 saturated carbocycles. The summed E-state index contributed by atoms with van der Waals surface area (Å²) in [5.74, 6) is 0. The molecule has 0 bridgehead atoms. The van der Waals surface area contributed by atoms with E-state index in [1.54, 1.807) is 0 Å². The van der Waals surface area contributed by atoms with Crippen molar-refractivity contribution in [2.75, 3.05) is 0 Å². The van der Waals surface area contributed by atoms with Crippen LogP contribution in [0.4, 0.5) is 0 Å². The molecule has 0 atom stereocenters. The van der Waals surface area contributed by atoms with Gasteiger partial charge in [-0.1, -0.05) is 133 Å². The van der Waals surface area contributed by atoms with Crippen LogP contribution in [0, 0.1) is 0 Å². The Morgan fingerprint density at radius 2 is 0.780 bits per heavy atom. The van der Waals surface area contributed by atoms with Gasteiger partial charge in [0.05, 0.1) is 22.1 Å². The van der Waals surface area contributed by atoms with Crippen molar-refractivity contribution in [1.82, 2.24) is 9.13 Å². The largest absolute Gasteiger partial charge is 0.309 e. The lowest BCUT2D eigenvalue weighted by Crippen LogP contribution is -1.94. The van der Waals surface area contributed by atoms with E-state index >= 15 is 0 Å². The molecule has 0 saturated heterocycles. The van der Waals surface area contributed by atoms with Crippen molar-refractivity contribution >= 4 is 75.9 Å². The van der Waals surface area contributed by atoms with Gasteiger partial charge in [-0.3, -0.25) is 0 Å². The lowest BCUT2D eigenvalue weighted by Gasteiger charge is -2.11. The summed E-state index contributed by atoms with van der Waals surface area (Å²) in [6.45, 7) is 0. The highest BCUT2D eigenvalue weighted by atomic mass is 15.0. The molecule has 0 spiro atoms. The second-order valence-corrected chi connectivity index (χ2v) is 13.3. The van der Waals surface area contributed by atoms with E-state index in [9.17, 15) is 0 Å². The molecule has 11 aromatic rings. The highest BCUT2D eigenvalue weighted by molar-refractivity contribution is 6.28. The minimum Gasteiger partial charge on any atom is -0.309 e. The van der Waals surface area contributed by atoms with Gasteiger partial charge in [0.1, 0.15) is 0 Å². The molecule has 0 aliphatic rings. The molecule has 0 N–H and O–H groups in total. The van der Waals surface area contributed by atoms with Crippen LogP contribution in [-0.4, -0.2) is 9.13 Å². The topological polar surface area (TPSA) is 9.86 Å². The van der Waals surface area contributed by atoms with Gasteiger partial charge in [0.15, 0.2) is 0 Å². The summed E-state index contributed by atoms with van der Waals surface area (Å²) in [6, 6.07) is 66.7. The monoisotopic (exact) mass is 634 g/mol. The van der Waals surface area contributed by atoms with Crippen LogP contribution in [0.2, 0.25) is 0 Å². The van der Waals surface area contributed by atoms with Crippen LogP contribution in [-0.2, 0) is 0 Å². The van der Waals surface area contributed by atoms with Crippen LogP contribution in [0.5, 0.6) is 0 Å². The lowest BCUT2D eigenvalue weighted by atomic mass is 10.00. The first-order chi connectivity index (χ1) is 24.8. The quantitative estimate of drug-likeness (QED) is 0.183. The first-order valence-corrected chi connectivity index (χ1v) is 17.3. The van der Waals surface area contributed by atoms with Gasteiger partial charge in [-0.25, -0.2) is 0 Å². The van der Waals surface area contributed by atoms with Crippen molar-refractivity contribution < 1.29 is 0 Å². The van der Waals surface area contributed by atoms with Crippen LogP contribution in [0.3, 0.4) is 0 Å². The van der Waals surface area contributed by atoms with Crippen molar-refractivity contribution in [3.05, 3.63) is 182 Å². The maximum Gasteiger partial charge on any atom is 0.0619 e. The Kier molecular flexibility index (Phi) is 5.70. The van der Waals surface area contributed by atoms with E-state index in [2.05, 4.69) is 191 Å². The molecule has 9 aromatic carbocycles. The summed E-state index contributed by atoms with van der Waals surface area (Å²) < 4.78 is 4.87. The third-order valence-electron chi connectivity index (χ3n) is 10.7. The fraction of sp³-hybridized carbons (Fsp3) is 0. The van der Waals surface area contributed by atoms with E-state index in [-0.39, 0.29) is 0 Å². The van der Waals surface area contributed by atoms with Gasteiger partial charge in [-0.05, 0) is 86.6 Å². The van der Waals surface area contributed by atoms with Gasteiger partial charge < -0.3 is 9.13 Å². The summed E-state index contributed by atoms with van der Waals surface area (Å²) in [7, 11) is 0. The molecular weight excluding hydrogens is 605 g/mol. The van der Waals surface area contributed by atoms with E-state index in [1.165, 1.54) is 92.7 Å². The number of benzene rings is 9. The SMILES string of the molecule is c1ccc(-n2c3ccc(-c4ccc(-n5c6ccc7ccccc7c6c6c7ccccc7ccc65)cc4)cc3c3ccc4ccccc4c32)cc1. The van der Waals surface area contributed by atoms with Crippen LogP contribution < -0.4 is 0 Å². The molecule has 2 nitrogen and oxygen atoms in total. The van der Waals surface area contributed by atoms with E-state index in [0.29, 0.717) is 0 Å². The molecule has 11 rings (SSSR count). The maximum atomic E-state index is 2.44. The second-order valence-electron chi connectivity index (χ2n) is 13.3. The van der Waals surface area contributed by atoms with Crippen LogP contribution in [0.1, 0.15) is 0 Å². The average Bonchev–Trinajstić information content (AvgIpc) is 3.72. The summed E-state index contributed by atoms with van der Waals surface area (Å²) in [4.78, 5) is 0. The Morgan fingerprint density at radius 1 is 0.280 bits per heavy atom. The zero-order valence-corrected chi connectivity index (χ0v) is 27.2. The number of rotatable bonds is 3. The molecule has 2 aromatic heterocycles. The van der Waals surface area contributed by atoms with Gasteiger partial charge in [-0.15, -0.1) is 0 Å². The molecule has 0 amide bonds. The van der Waals surface area contributed by atoms with Crippen LogP contribution >= 0.6 is 0 Å². The number of para-hydroxylation sites is 1. The van der Waals surface area contributed by atoms with E-state index in [4.69, 9.17) is 0 Å². The number of hydrogen-bond donors (Lipinski definition) is 0. The first kappa shape index (κ1) is 27.3. The van der Waals surface area contributed by atoms with E-state index in [1.807, 2.05) is 0 Å². The summed E-state index contributed by atoms with van der Waals surface area (Å²) >= 11 is 0. The van der Waals surface area contributed by atoms with Crippen molar-refractivity contribution in [2.24, 2.45) is 0 Å². The van der Waals surface area contributed by atoms with E-state index < -0.39 is 0 Å². The molecule has 0 aliphatic carbocycles. The Bertz CT molecular complexity index is 3030. The fourth-order valence-corrected chi connectivity index (χ4v) is 8.43. The van der Waals surface area contributed by atoms with Crippen molar-refractivity contribution in [2.45, 2.75) is 0 Å². The molecule has 232 valence electrons. The minimum absolute atomic E-state index is 1.16. The van der Waals surface area contributed by atoms with Gasteiger partial charge in [-0.2, -0.15) is 0 Å². The van der Waals surface area contributed by atoms with Crippen molar-refractivity contribution in [3.63, 3.8) is 0 Å². The Hall–Kier alpha value is -6.64. The van der Waals surface area contributed by atoms with Crippen molar-refractivity contribution in [1.29, 1.82) is 0 Å². The minimum atomic E-state index is 1.16. The number of aromatic nitrogens is 2. The second kappa shape index (κ2) is 10.4. The Balaban J connectivity index is 1.11. The van der Waals surface area contributed by atoms with Gasteiger partial charge in [0, 0.05) is 38.3 Å². The van der Waals surface area contributed by atoms with Gasteiger partial charge >= 0.3 is 0 Å². The molecule has 50 heavy (non-hydrogen) atoms. The number of hydrogen-bond acceptors (Lipinski definition) is 0. The summed E-state index contributed by atoms with van der Waals surface area (Å²) in [5, 5.41) is 12.8. The smallest absolute Gasteiger partial charge is 0.0619 e. The zero-order valence-electron chi connectivity index (χ0n) is 27.2. The molecule has 0 fully saturated rings. The molecular formula is C48H30N2. The normalized spacial score (nSPS) is 12.0.